The molecule has 2 aliphatic rings. The van der Waals surface area contributed by atoms with Crippen molar-refractivity contribution < 1.29 is 9.47 Å². The topological polar surface area (TPSA) is 60.4 Å². The minimum atomic E-state index is 0.228. The maximum absolute atomic E-state index is 6.09. The number of ether oxygens (including phenoxy) is 2. The molecule has 126 valence electrons. The number of hydrogen-bond donors (Lipinski definition) is 0. The molecule has 3 heterocycles. The molecule has 4 rings (SSSR count). The van der Waals surface area contributed by atoms with Crippen LogP contribution in [0.4, 0.5) is 0 Å². The van der Waals surface area contributed by atoms with Gasteiger partial charge in [0.05, 0.1) is 25.0 Å². The molecule has 0 amide bonds. The second kappa shape index (κ2) is 7.23. The smallest absolute Gasteiger partial charge is 0.316 e. The van der Waals surface area contributed by atoms with Crippen LogP contribution in [-0.2, 0) is 11.3 Å². The first-order chi connectivity index (χ1) is 11.9. The van der Waals surface area contributed by atoms with E-state index >= 15 is 0 Å². The molecule has 0 unspecified atom stereocenters. The molecule has 3 atom stereocenters. The molecule has 0 spiro atoms. The van der Waals surface area contributed by atoms with Crippen LogP contribution in [0.3, 0.4) is 0 Å². The summed E-state index contributed by atoms with van der Waals surface area (Å²) in [5.41, 5.74) is 1.12. The molecule has 1 saturated carbocycles. The summed E-state index contributed by atoms with van der Waals surface area (Å²) in [6.45, 7) is 3.24. The van der Waals surface area contributed by atoms with Crippen molar-refractivity contribution in [3.8, 4) is 6.01 Å². The third-order valence-electron chi connectivity index (χ3n) is 4.89. The normalized spacial score (nSPS) is 26.9. The van der Waals surface area contributed by atoms with Gasteiger partial charge in [-0.05, 0) is 31.0 Å². The predicted octanol–water partition coefficient (Wildman–Crippen LogP) is 1.93. The van der Waals surface area contributed by atoms with Crippen LogP contribution in [0, 0.1) is 5.92 Å². The van der Waals surface area contributed by atoms with Crippen molar-refractivity contribution in [3.63, 3.8) is 0 Å². The van der Waals surface area contributed by atoms with E-state index in [0.717, 1.165) is 38.2 Å². The Labute approximate surface area is 141 Å². The Bertz CT molecular complexity index is 640. The lowest BCUT2D eigenvalue weighted by molar-refractivity contribution is -0.0822. The lowest BCUT2D eigenvalue weighted by Gasteiger charge is -2.39. The Hall–Kier alpha value is -2.05. The van der Waals surface area contributed by atoms with Crippen LogP contribution in [0.25, 0.3) is 0 Å². The molecule has 1 saturated heterocycles. The molecule has 0 N–H and O–H groups in total. The van der Waals surface area contributed by atoms with E-state index in [1.807, 2.05) is 18.3 Å². The van der Waals surface area contributed by atoms with Crippen LogP contribution in [0.5, 0.6) is 6.01 Å². The zero-order chi connectivity index (χ0) is 16.2. The number of fused-ring (bicyclic) bond motifs is 1. The highest BCUT2D eigenvalue weighted by atomic mass is 16.5. The maximum atomic E-state index is 6.09. The number of pyridine rings is 1. The van der Waals surface area contributed by atoms with Gasteiger partial charge in [-0.25, -0.2) is 9.97 Å². The Balaban J connectivity index is 1.37. The molecule has 0 bridgehead atoms. The van der Waals surface area contributed by atoms with Crippen molar-refractivity contribution in [1.82, 2.24) is 19.9 Å². The molecule has 0 radical (unpaired) electrons. The first-order valence-corrected chi connectivity index (χ1v) is 8.55. The highest BCUT2D eigenvalue weighted by Crippen LogP contribution is 2.35. The number of rotatable bonds is 5. The van der Waals surface area contributed by atoms with Crippen molar-refractivity contribution >= 4 is 0 Å². The van der Waals surface area contributed by atoms with Gasteiger partial charge in [-0.1, -0.05) is 6.07 Å². The minimum Gasteiger partial charge on any atom is -0.463 e. The average molecular weight is 326 g/mol. The van der Waals surface area contributed by atoms with Crippen LogP contribution in [0.15, 0.2) is 42.9 Å². The average Bonchev–Trinajstić information content (AvgIpc) is 3.06. The molecule has 6 nitrogen and oxygen atoms in total. The number of hydrogen-bond acceptors (Lipinski definition) is 6. The summed E-state index contributed by atoms with van der Waals surface area (Å²) >= 11 is 0. The van der Waals surface area contributed by atoms with Crippen LogP contribution in [-0.4, -0.2) is 51.8 Å². The molecule has 2 fully saturated rings. The quantitative estimate of drug-likeness (QED) is 0.837. The highest BCUT2D eigenvalue weighted by molar-refractivity contribution is 5.05. The third-order valence-corrected chi connectivity index (χ3v) is 4.89. The van der Waals surface area contributed by atoms with Crippen LogP contribution in [0.1, 0.15) is 18.5 Å². The van der Waals surface area contributed by atoms with Gasteiger partial charge >= 0.3 is 6.01 Å². The zero-order valence-electron chi connectivity index (χ0n) is 13.6. The summed E-state index contributed by atoms with van der Waals surface area (Å²) in [5, 5.41) is 0. The molecule has 2 aromatic heterocycles. The van der Waals surface area contributed by atoms with Gasteiger partial charge in [-0.15, -0.1) is 0 Å². The van der Waals surface area contributed by atoms with Crippen molar-refractivity contribution in [2.75, 3.05) is 19.8 Å². The van der Waals surface area contributed by atoms with E-state index in [1.54, 1.807) is 18.5 Å². The maximum Gasteiger partial charge on any atom is 0.316 e. The van der Waals surface area contributed by atoms with Gasteiger partial charge in [0.2, 0.25) is 0 Å². The summed E-state index contributed by atoms with van der Waals surface area (Å²) in [4.78, 5) is 15.2. The molecule has 0 aromatic carbocycles. The van der Waals surface area contributed by atoms with Crippen LogP contribution >= 0.6 is 0 Å². The molecule has 2 aromatic rings. The Morgan fingerprint density at radius 2 is 1.96 bits per heavy atom. The predicted molar refractivity (Wildman–Crippen MR) is 88.4 cm³/mol. The number of morpholine rings is 1. The van der Waals surface area contributed by atoms with Gasteiger partial charge in [-0.2, -0.15) is 0 Å². The van der Waals surface area contributed by atoms with E-state index in [0.29, 0.717) is 24.6 Å². The molecule has 6 heteroatoms. The third kappa shape index (κ3) is 3.39. The second-order valence-electron chi connectivity index (χ2n) is 6.37. The van der Waals surface area contributed by atoms with Crippen molar-refractivity contribution in [2.45, 2.75) is 31.5 Å². The van der Waals surface area contributed by atoms with Gasteiger partial charge in [0.15, 0.2) is 0 Å². The summed E-state index contributed by atoms with van der Waals surface area (Å²) in [6.07, 6.45) is 7.74. The lowest BCUT2D eigenvalue weighted by atomic mass is 10.0. The van der Waals surface area contributed by atoms with Gasteiger partial charge in [0.1, 0.15) is 0 Å². The Kier molecular flexibility index (Phi) is 4.66. The minimum absolute atomic E-state index is 0.228. The summed E-state index contributed by atoms with van der Waals surface area (Å²) in [7, 11) is 0. The van der Waals surface area contributed by atoms with E-state index in [-0.39, 0.29) is 6.10 Å². The van der Waals surface area contributed by atoms with E-state index in [4.69, 9.17) is 9.47 Å². The molecular formula is C18H22N4O2. The first kappa shape index (κ1) is 15.5. The number of nitrogens with zero attached hydrogens (tertiary/aromatic N) is 4. The molecule has 24 heavy (non-hydrogen) atoms. The van der Waals surface area contributed by atoms with Crippen LogP contribution in [0.2, 0.25) is 0 Å². The van der Waals surface area contributed by atoms with E-state index in [1.165, 1.54) is 0 Å². The van der Waals surface area contributed by atoms with Crippen molar-refractivity contribution in [2.24, 2.45) is 5.92 Å². The fourth-order valence-electron chi connectivity index (χ4n) is 3.75. The standard InChI is InChI=1S/C18H22N4O2/c1-2-7-19-15(4-1)12-22-10-11-23-17-14(5-6-16(17)22)13-24-18-20-8-3-9-21-18/h1-4,7-9,14,16-17H,5-6,10-13H2/t14-,16+,17-/m1/s1. The van der Waals surface area contributed by atoms with Gasteiger partial charge in [-0.3, -0.25) is 9.88 Å². The van der Waals surface area contributed by atoms with Crippen molar-refractivity contribution in [1.29, 1.82) is 0 Å². The largest absolute Gasteiger partial charge is 0.463 e. The van der Waals surface area contributed by atoms with E-state index in [2.05, 4.69) is 25.9 Å². The summed E-state index contributed by atoms with van der Waals surface area (Å²) < 4.78 is 11.8. The SMILES string of the molecule is c1ccc(CN2CCO[C@@H]3[C@@H](COc4ncccn4)CC[C@@H]32)nc1. The molecule has 1 aliphatic carbocycles. The Morgan fingerprint density at radius 3 is 2.79 bits per heavy atom. The summed E-state index contributed by atoms with van der Waals surface area (Å²) in [6, 6.07) is 8.78. The fourth-order valence-corrected chi connectivity index (χ4v) is 3.75. The van der Waals surface area contributed by atoms with Crippen LogP contribution < -0.4 is 4.74 Å². The fraction of sp³-hybridized carbons (Fsp3) is 0.500. The molecular weight excluding hydrogens is 304 g/mol. The Morgan fingerprint density at radius 1 is 1.08 bits per heavy atom. The van der Waals surface area contributed by atoms with Gasteiger partial charge in [0.25, 0.3) is 0 Å². The van der Waals surface area contributed by atoms with Gasteiger partial charge in [0, 0.05) is 43.6 Å². The van der Waals surface area contributed by atoms with E-state index < -0.39 is 0 Å². The zero-order valence-corrected chi connectivity index (χ0v) is 13.6. The second-order valence-corrected chi connectivity index (χ2v) is 6.37. The summed E-state index contributed by atoms with van der Waals surface area (Å²) in [5.74, 6) is 0.394. The highest BCUT2D eigenvalue weighted by Gasteiger charge is 2.43. The monoisotopic (exact) mass is 326 g/mol. The van der Waals surface area contributed by atoms with Crippen molar-refractivity contribution in [3.05, 3.63) is 48.5 Å². The van der Waals surface area contributed by atoms with Gasteiger partial charge < -0.3 is 9.47 Å². The number of aromatic nitrogens is 3. The molecule has 1 aliphatic heterocycles. The van der Waals surface area contributed by atoms with E-state index in [9.17, 15) is 0 Å². The first-order valence-electron chi connectivity index (χ1n) is 8.55. The lowest BCUT2D eigenvalue weighted by Crippen LogP contribution is -2.50.